The number of rotatable bonds is 5. The molecule has 2 aliphatic rings. The molecule has 0 aromatic carbocycles. The number of Topliss-reactive ketones (excluding diaryl/α,β-unsaturated/α-hetero) is 1. The van der Waals surface area contributed by atoms with Crippen molar-refractivity contribution in [2.45, 2.75) is 79.2 Å². The van der Waals surface area contributed by atoms with Crippen LogP contribution in [-0.4, -0.2) is 41.7 Å². The zero-order valence-electron chi connectivity index (χ0n) is 24.1. The quantitative estimate of drug-likeness (QED) is 0.353. The zero-order valence-corrected chi connectivity index (χ0v) is 24.1. The van der Waals surface area contributed by atoms with E-state index in [-0.39, 0.29) is 59.4 Å². The van der Waals surface area contributed by atoms with Crippen LogP contribution in [0.5, 0.6) is 0 Å². The molecule has 8 heteroatoms. The normalized spacial score (nSPS) is 31.4. The highest BCUT2D eigenvalue weighted by Gasteiger charge is 2.33. The number of aliphatic hydroxyl groups excluding tert-OH is 1. The predicted octanol–water partition coefficient (Wildman–Crippen LogP) is 4.21. The van der Waals surface area contributed by atoms with E-state index >= 15 is 0 Å². The summed E-state index contributed by atoms with van der Waals surface area (Å²) in [5.74, 6) is -1.90. The van der Waals surface area contributed by atoms with E-state index in [1.54, 1.807) is 19.1 Å². The maximum atomic E-state index is 13.3. The highest BCUT2D eigenvalue weighted by molar-refractivity contribution is 6.23. The van der Waals surface area contributed by atoms with E-state index in [9.17, 15) is 24.3 Å². The number of carbonyl (C=O) groups is 4. The number of hydrogen-bond acceptors (Lipinski definition) is 6. The molecule has 0 radical (unpaired) electrons. The van der Waals surface area contributed by atoms with Gasteiger partial charge in [0.15, 0.2) is 5.76 Å². The van der Waals surface area contributed by atoms with Crippen LogP contribution in [0, 0.1) is 23.7 Å². The van der Waals surface area contributed by atoms with E-state index in [0.29, 0.717) is 24.8 Å². The fourth-order valence-corrected chi connectivity index (χ4v) is 5.35. The molecule has 1 heterocycles. The smallest absolute Gasteiger partial charge is 0.251 e. The largest absolute Gasteiger partial charge is 0.492 e. The third-order valence-electron chi connectivity index (χ3n) is 7.72. The lowest BCUT2D eigenvalue weighted by atomic mass is 9.79. The Morgan fingerprint density at radius 1 is 1.21 bits per heavy atom. The summed E-state index contributed by atoms with van der Waals surface area (Å²) in [5, 5.41) is 13.9. The summed E-state index contributed by atoms with van der Waals surface area (Å²) >= 11 is 0. The van der Waals surface area contributed by atoms with E-state index in [4.69, 9.17) is 10.5 Å². The SMILES string of the molecule is CC[C@H]1C[C@H](C)CC2=C(OC)C(=O)C=C(NC(=O)/C(C)=C/C=C\C[C@@H](CCC(N)=O)/C(C)=C/[C@H](C)[C@H]1O)C2=O. The van der Waals surface area contributed by atoms with Gasteiger partial charge in [0.1, 0.15) is 0 Å². The van der Waals surface area contributed by atoms with E-state index in [1.165, 1.54) is 7.11 Å². The summed E-state index contributed by atoms with van der Waals surface area (Å²) < 4.78 is 5.30. The molecule has 2 bridgehead atoms. The van der Waals surface area contributed by atoms with E-state index in [0.717, 1.165) is 18.1 Å². The van der Waals surface area contributed by atoms with Crippen molar-refractivity contribution in [1.82, 2.24) is 5.32 Å². The minimum Gasteiger partial charge on any atom is -0.492 e. The number of carbonyl (C=O) groups excluding carboxylic acids is 4. The highest BCUT2D eigenvalue weighted by Crippen LogP contribution is 2.32. The first-order chi connectivity index (χ1) is 18.4. The molecule has 39 heavy (non-hydrogen) atoms. The predicted molar refractivity (Wildman–Crippen MR) is 151 cm³/mol. The van der Waals surface area contributed by atoms with Crippen molar-refractivity contribution in [3.8, 4) is 0 Å². The summed E-state index contributed by atoms with van der Waals surface area (Å²) in [4.78, 5) is 50.4. The summed E-state index contributed by atoms with van der Waals surface area (Å²) in [6, 6.07) is 0. The number of aliphatic hydroxyl groups is 1. The Kier molecular flexibility index (Phi) is 12.1. The number of allylic oxidation sites excluding steroid dienone is 6. The van der Waals surface area contributed by atoms with Crippen molar-refractivity contribution < 1.29 is 29.0 Å². The molecule has 0 aromatic rings. The van der Waals surface area contributed by atoms with Crippen LogP contribution >= 0.6 is 0 Å². The molecule has 0 saturated heterocycles. The molecule has 1 aliphatic heterocycles. The van der Waals surface area contributed by atoms with Gasteiger partial charge >= 0.3 is 0 Å². The van der Waals surface area contributed by atoms with Gasteiger partial charge in [0.05, 0.1) is 18.9 Å². The van der Waals surface area contributed by atoms with Gasteiger partial charge in [-0.25, -0.2) is 0 Å². The van der Waals surface area contributed by atoms with Gasteiger partial charge in [-0.05, 0) is 57.3 Å². The molecular weight excluding hydrogens is 496 g/mol. The molecule has 0 unspecified atom stereocenters. The number of nitrogens with two attached hydrogens (primary N) is 1. The summed E-state index contributed by atoms with van der Waals surface area (Å²) in [6.45, 7) is 9.64. The molecule has 1 aliphatic carbocycles. The topological polar surface area (TPSA) is 136 Å². The maximum absolute atomic E-state index is 13.3. The van der Waals surface area contributed by atoms with Crippen molar-refractivity contribution in [1.29, 1.82) is 0 Å². The molecule has 0 saturated carbocycles. The number of fused-ring (bicyclic) bond motifs is 2. The molecule has 4 N–H and O–H groups in total. The number of hydrogen-bond donors (Lipinski definition) is 3. The minimum absolute atomic E-state index is 0.00605. The summed E-state index contributed by atoms with van der Waals surface area (Å²) in [5.41, 5.74) is 7.01. The van der Waals surface area contributed by atoms with E-state index in [2.05, 4.69) is 11.4 Å². The lowest BCUT2D eigenvalue weighted by molar-refractivity contribution is -0.121. The Labute approximate surface area is 232 Å². The molecule has 0 fully saturated rings. The van der Waals surface area contributed by atoms with Crippen molar-refractivity contribution in [2.24, 2.45) is 29.4 Å². The molecule has 8 nitrogen and oxygen atoms in total. The number of ketones is 2. The number of methoxy groups -OCH3 is 1. The maximum Gasteiger partial charge on any atom is 0.251 e. The van der Waals surface area contributed by atoms with Crippen LogP contribution in [0.4, 0.5) is 0 Å². The van der Waals surface area contributed by atoms with Crippen molar-refractivity contribution in [3.63, 3.8) is 0 Å². The van der Waals surface area contributed by atoms with Crippen LogP contribution in [0.15, 0.2) is 58.6 Å². The molecule has 0 aromatic heterocycles. The van der Waals surface area contributed by atoms with Gasteiger partial charge in [0.25, 0.3) is 5.91 Å². The monoisotopic (exact) mass is 540 g/mol. The van der Waals surface area contributed by atoms with Gasteiger partial charge in [0.2, 0.25) is 17.5 Å². The fourth-order valence-electron chi connectivity index (χ4n) is 5.35. The third-order valence-corrected chi connectivity index (χ3v) is 7.72. The van der Waals surface area contributed by atoms with Crippen molar-refractivity contribution >= 4 is 23.4 Å². The lowest BCUT2D eigenvalue weighted by Crippen LogP contribution is -2.33. The second-order valence-corrected chi connectivity index (χ2v) is 10.9. The zero-order chi connectivity index (χ0) is 29.3. The molecule has 5 atom stereocenters. The lowest BCUT2D eigenvalue weighted by Gasteiger charge is -2.29. The van der Waals surface area contributed by atoms with Crippen LogP contribution in [-0.2, 0) is 23.9 Å². The average Bonchev–Trinajstić information content (AvgIpc) is 2.88. The number of amides is 2. The molecule has 0 spiro atoms. The van der Waals surface area contributed by atoms with Crippen LogP contribution in [0.25, 0.3) is 0 Å². The fraction of sp³-hybridized carbons (Fsp3) is 0.548. The Morgan fingerprint density at radius 2 is 1.90 bits per heavy atom. The number of ether oxygens (including phenoxy) is 1. The van der Waals surface area contributed by atoms with Crippen molar-refractivity contribution in [3.05, 3.63) is 58.6 Å². The molecule has 2 rings (SSSR count). The molecule has 214 valence electrons. The van der Waals surface area contributed by atoms with Gasteiger partial charge in [-0.2, -0.15) is 0 Å². The Bertz CT molecular complexity index is 1110. The first kappa shape index (κ1) is 32.0. The van der Waals surface area contributed by atoms with Crippen LogP contribution in [0.2, 0.25) is 0 Å². The number of nitrogens with one attached hydrogen (secondary N) is 1. The number of primary amides is 1. The second kappa shape index (κ2) is 14.8. The Morgan fingerprint density at radius 3 is 2.51 bits per heavy atom. The first-order valence-corrected chi connectivity index (χ1v) is 13.8. The second-order valence-electron chi connectivity index (χ2n) is 10.9. The average molecular weight is 541 g/mol. The molecule has 2 amide bonds. The Balaban J connectivity index is 2.50. The van der Waals surface area contributed by atoms with E-state index < -0.39 is 23.6 Å². The minimum atomic E-state index is -0.610. The van der Waals surface area contributed by atoms with Crippen LogP contribution < -0.4 is 11.1 Å². The van der Waals surface area contributed by atoms with Crippen molar-refractivity contribution in [2.75, 3.05) is 7.11 Å². The van der Waals surface area contributed by atoms with Crippen LogP contribution in [0.1, 0.15) is 73.1 Å². The third kappa shape index (κ3) is 8.88. The first-order valence-electron chi connectivity index (χ1n) is 13.8. The van der Waals surface area contributed by atoms with Crippen LogP contribution in [0.3, 0.4) is 0 Å². The summed E-state index contributed by atoms with van der Waals surface area (Å²) in [7, 11) is 1.36. The summed E-state index contributed by atoms with van der Waals surface area (Å²) in [6.07, 6.45) is 11.0. The standard InChI is InChI=1S/C31H44N2O6/c1-7-22-14-18(2)15-24-29(37)25(17-26(34)30(24)39-6)33-31(38)19(3)10-8-9-11-23(12-13-27(32)35)20(4)16-21(5)28(22)36/h8-10,16-18,21-23,28,36H,7,11-15H2,1-6H3,(H2,32,35)(H,33,38)/b9-8-,19-10+,20-16+/t18-,21-,22-,23-,28+/m0/s1. The van der Waals surface area contributed by atoms with Gasteiger partial charge in [-0.15, -0.1) is 0 Å². The highest BCUT2D eigenvalue weighted by atomic mass is 16.5. The Hall–Kier alpha value is -3.26. The van der Waals surface area contributed by atoms with Gasteiger partial charge in [0, 0.05) is 29.6 Å². The van der Waals surface area contributed by atoms with Gasteiger partial charge in [-0.3, -0.25) is 19.2 Å². The van der Waals surface area contributed by atoms with Gasteiger partial charge < -0.3 is 20.9 Å². The van der Waals surface area contributed by atoms with E-state index in [1.807, 2.05) is 33.8 Å². The van der Waals surface area contributed by atoms with Gasteiger partial charge in [-0.1, -0.05) is 57.1 Å². The molecular formula is C31H44N2O6.